The summed E-state index contributed by atoms with van der Waals surface area (Å²) in [5.41, 5.74) is 1.02. The zero-order valence-corrected chi connectivity index (χ0v) is 12.4. The van der Waals surface area contributed by atoms with Gasteiger partial charge in [-0.25, -0.2) is 0 Å². The van der Waals surface area contributed by atoms with E-state index in [-0.39, 0.29) is 6.04 Å². The van der Waals surface area contributed by atoms with Crippen LogP contribution in [-0.2, 0) is 0 Å². The molecule has 0 spiro atoms. The molecule has 2 rings (SSSR count). The Bertz CT molecular complexity index is 542. The second kappa shape index (κ2) is 5.78. The van der Waals surface area contributed by atoms with Gasteiger partial charge in [-0.2, -0.15) is 0 Å². The van der Waals surface area contributed by atoms with Crippen LogP contribution in [0.3, 0.4) is 0 Å². The summed E-state index contributed by atoms with van der Waals surface area (Å²) in [4.78, 5) is 0. The maximum atomic E-state index is 6.13. The Hall–Kier alpha value is -0.970. The molecule has 18 heavy (non-hydrogen) atoms. The van der Waals surface area contributed by atoms with E-state index in [4.69, 9.17) is 20.8 Å². The van der Waals surface area contributed by atoms with E-state index in [9.17, 15) is 0 Å². The van der Waals surface area contributed by atoms with Crippen molar-refractivity contribution in [3.8, 4) is 5.75 Å². The average Bonchev–Trinajstić information content (AvgIpc) is 2.77. The number of rotatable bonds is 4. The fraction of sp³-hybridized carbons (Fsp3) is 0.231. The van der Waals surface area contributed by atoms with Crippen LogP contribution < -0.4 is 10.1 Å². The van der Waals surface area contributed by atoms with Crippen LogP contribution >= 0.6 is 27.5 Å². The third-order valence-corrected chi connectivity index (χ3v) is 3.40. The van der Waals surface area contributed by atoms with E-state index >= 15 is 0 Å². The Labute approximate surface area is 119 Å². The number of hydrogen-bond acceptors (Lipinski definition) is 3. The van der Waals surface area contributed by atoms with E-state index in [2.05, 4.69) is 21.2 Å². The number of benzene rings is 1. The first-order chi connectivity index (χ1) is 8.65. The predicted molar refractivity (Wildman–Crippen MR) is 75.3 cm³/mol. The van der Waals surface area contributed by atoms with E-state index in [0.29, 0.717) is 15.4 Å². The largest absolute Gasteiger partial charge is 0.495 e. The standard InChI is InChI=1S/C13H13BrClNO2/c1-16-13(11-5-6-12(14)18-11)8-3-4-10(17-2)9(15)7-8/h3-7,13,16H,1-2H3. The highest BCUT2D eigenvalue weighted by Gasteiger charge is 2.17. The third-order valence-electron chi connectivity index (χ3n) is 2.68. The van der Waals surface area contributed by atoms with Gasteiger partial charge in [0.1, 0.15) is 11.5 Å². The number of nitrogens with one attached hydrogen (secondary N) is 1. The second-order valence-electron chi connectivity index (χ2n) is 3.76. The second-order valence-corrected chi connectivity index (χ2v) is 4.95. The summed E-state index contributed by atoms with van der Waals surface area (Å²) in [7, 11) is 3.47. The van der Waals surface area contributed by atoms with Crippen LogP contribution in [0.4, 0.5) is 0 Å². The molecule has 96 valence electrons. The fourth-order valence-electron chi connectivity index (χ4n) is 1.82. The molecule has 0 aliphatic heterocycles. The Balaban J connectivity index is 2.36. The summed E-state index contributed by atoms with van der Waals surface area (Å²) in [6.45, 7) is 0. The van der Waals surface area contributed by atoms with Crippen molar-refractivity contribution in [1.82, 2.24) is 5.32 Å². The van der Waals surface area contributed by atoms with Crippen LogP contribution in [0, 0.1) is 0 Å². The molecule has 0 radical (unpaired) electrons. The van der Waals surface area contributed by atoms with E-state index in [1.54, 1.807) is 7.11 Å². The molecule has 1 aromatic heterocycles. The minimum absolute atomic E-state index is 0.0419. The maximum Gasteiger partial charge on any atom is 0.169 e. The van der Waals surface area contributed by atoms with Crippen molar-refractivity contribution >= 4 is 27.5 Å². The van der Waals surface area contributed by atoms with E-state index < -0.39 is 0 Å². The number of ether oxygens (including phenoxy) is 1. The highest BCUT2D eigenvalue weighted by Crippen LogP contribution is 2.31. The lowest BCUT2D eigenvalue weighted by molar-refractivity contribution is 0.414. The lowest BCUT2D eigenvalue weighted by Gasteiger charge is -2.15. The van der Waals surface area contributed by atoms with Crippen LogP contribution in [0.25, 0.3) is 0 Å². The van der Waals surface area contributed by atoms with Gasteiger partial charge in [-0.1, -0.05) is 17.7 Å². The van der Waals surface area contributed by atoms with Gasteiger partial charge in [-0.05, 0) is 52.8 Å². The molecule has 0 saturated heterocycles. The Morgan fingerprint density at radius 3 is 2.61 bits per heavy atom. The van der Waals surface area contributed by atoms with Gasteiger partial charge in [0.25, 0.3) is 0 Å². The van der Waals surface area contributed by atoms with Crippen molar-refractivity contribution in [3.63, 3.8) is 0 Å². The summed E-state index contributed by atoms with van der Waals surface area (Å²) in [6.07, 6.45) is 0. The molecular weight excluding hydrogens is 318 g/mol. The molecule has 0 aliphatic rings. The highest BCUT2D eigenvalue weighted by atomic mass is 79.9. The van der Waals surface area contributed by atoms with Gasteiger partial charge in [-0.3, -0.25) is 0 Å². The first-order valence-electron chi connectivity index (χ1n) is 5.41. The van der Waals surface area contributed by atoms with E-state index in [1.165, 1.54) is 0 Å². The highest BCUT2D eigenvalue weighted by molar-refractivity contribution is 9.10. The molecule has 0 saturated carbocycles. The lowest BCUT2D eigenvalue weighted by atomic mass is 10.0. The molecule has 5 heteroatoms. The summed E-state index contributed by atoms with van der Waals surface area (Å²) < 4.78 is 11.4. The molecule has 1 N–H and O–H groups in total. The zero-order chi connectivity index (χ0) is 13.1. The predicted octanol–water partition coefficient (Wildman–Crippen LogP) is 4.01. The van der Waals surface area contributed by atoms with E-state index in [1.807, 2.05) is 37.4 Å². The Morgan fingerprint density at radius 1 is 1.33 bits per heavy atom. The van der Waals surface area contributed by atoms with Gasteiger partial charge >= 0.3 is 0 Å². The van der Waals surface area contributed by atoms with Crippen molar-refractivity contribution in [2.45, 2.75) is 6.04 Å². The summed E-state index contributed by atoms with van der Waals surface area (Å²) >= 11 is 9.43. The maximum absolute atomic E-state index is 6.13. The first-order valence-corrected chi connectivity index (χ1v) is 6.58. The quantitative estimate of drug-likeness (QED) is 0.919. The smallest absolute Gasteiger partial charge is 0.169 e. The lowest BCUT2D eigenvalue weighted by Crippen LogP contribution is -2.16. The number of furan rings is 1. The molecule has 1 aromatic carbocycles. The van der Waals surface area contributed by atoms with Crippen molar-refractivity contribution < 1.29 is 9.15 Å². The van der Waals surface area contributed by atoms with Crippen molar-refractivity contribution in [1.29, 1.82) is 0 Å². The summed E-state index contributed by atoms with van der Waals surface area (Å²) in [6, 6.07) is 9.42. The molecular formula is C13H13BrClNO2. The third kappa shape index (κ3) is 2.71. The SMILES string of the molecule is CNC(c1ccc(OC)c(Cl)c1)c1ccc(Br)o1. The first kappa shape index (κ1) is 13.5. The van der Waals surface area contributed by atoms with Crippen molar-refractivity contribution in [3.05, 3.63) is 51.3 Å². The topological polar surface area (TPSA) is 34.4 Å². The monoisotopic (exact) mass is 329 g/mol. The Morgan fingerprint density at radius 2 is 2.11 bits per heavy atom. The van der Waals surface area contributed by atoms with Crippen molar-refractivity contribution in [2.24, 2.45) is 0 Å². The molecule has 3 nitrogen and oxygen atoms in total. The Kier molecular flexibility index (Phi) is 4.32. The number of methoxy groups -OCH3 is 1. The molecule has 0 fully saturated rings. The fourth-order valence-corrected chi connectivity index (χ4v) is 2.40. The summed E-state index contributed by atoms with van der Waals surface area (Å²) in [5, 5.41) is 3.78. The number of hydrogen-bond donors (Lipinski definition) is 1. The molecule has 1 atom stereocenters. The van der Waals surface area contributed by atoms with Gasteiger partial charge in [0.2, 0.25) is 0 Å². The van der Waals surface area contributed by atoms with Crippen LogP contribution in [0.1, 0.15) is 17.4 Å². The summed E-state index contributed by atoms with van der Waals surface area (Å²) in [5.74, 6) is 1.49. The van der Waals surface area contributed by atoms with Crippen LogP contribution in [0.2, 0.25) is 5.02 Å². The normalized spacial score (nSPS) is 12.4. The molecule has 2 aromatic rings. The van der Waals surface area contributed by atoms with Gasteiger partial charge < -0.3 is 14.5 Å². The van der Waals surface area contributed by atoms with Gasteiger partial charge in [0.05, 0.1) is 18.2 Å². The van der Waals surface area contributed by atoms with Crippen LogP contribution in [0.15, 0.2) is 39.4 Å². The number of halogens is 2. The van der Waals surface area contributed by atoms with Crippen LogP contribution in [-0.4, -0.2) is 14.2 Å². The molecule has 0 bridgehead atoms. The molecule has 0 amide bonds. The van der Waals surface area contributed by atoms with E-state index in [0.717, 1.165) is 11.3 Å². The minimum Gasteiger partial charge on any atom is -0.495 e. The van der Waals surface area contributed by atoms with Crippen molar-refractivity contribution in [2.75, 3.05) is 14.2 Å². The van der Waals surface area contributed by atoms with Gasteiger partial charge in [0.15, 0.2) is 4.67 Å². The molecule has 1 heterocycles. The van der Waals surface area contributed by atoms with Gasteiger partial charge in [-0.15, -0.1) is 0 Å². The molecule has 0 aliphatic carbocycles. The molecule has 1 unspecified atom stereocenters. The van der Waals surface area contributed by atoms with Crippen LogP contribution in [0.5, 0.6) is 5.75 Å². The minimum atomic E-state index is -0.0419. The zero-order valence-electron chi connectivity index (χ0n) is 10.0. The average molecular weight is 331 g/mol. The van der Waals surface area contributed by atoms with Gasteiger partial charge in [0, 0.05) is 0 Å².